The minimum atomic E-state index is -1.00. The molecule has 2 rings (SSSR count). The van der Waals surface area contributed by atoms with E-state index >= 15 is 0 Å². The lowest BCUT2D eigenvalue weighted by Crippen LogP contribution is -2.44. The Hall–Kier alpha value is -1.55. The summed E-state index contributed by atoms with van der Waals surface area (Å²) in [6.07, 6.45) is 1.48. The summed E-state index contributed by atoms with van der Waals surface area (Å²) in [5.41, 5.74) is -0.689. The van der Waals surface area contributed by atoms with Crippen molar-refractivity contribution in [2.45, 2.75) is 44.8 Å². The third kappa shape index (κ3) is 3.73. The van der Waals surface area contributed by atoms with Gasteiger partial charge in [-0.1, -0.05) is 30.3 Å². The summed E-state index contributed by atoms with van der Waals surface area (Å²) in [5, 5.41) is 13.6. The van der Waals surface area contributed by atoms with Crippen molar-refractivity contribution in [1.29, 1.82) is 0 Å². The molecule has 1 aromatic carbocycles. The van der Waals surface area contributed by atoms with E-state index in [0.717, 1.165) is 18.4 Å². The summed E-state index contributed by atoms with van der Waals surface area (Å²) in [6, 6.07) is 9.51. The highest BCUT2D eigenvalue weighted by Gasteiger charge is 2.45. The largest absolute Gasteiger partial charge is 0.444 e. The van der Waals surface area contributed by atoms with Crippen LogP contribution in [0.2, 0.25) is 0 Å². The molecule has 1 amide bonds. The number of carbonyl (C=O) groups excluding carboxylic acids is 1. The topological polar surface area (TPSA) is 58.6 Å². The van der Waals surface area contributed by atoms with Gasteiger partial charge in [-0.05, 0) is 45.1 Å². The molecule has 1 unspecified atom stereocenters. The summed E-state index contributed by atoms with van der Waals surface area (Å²) >= 11 is 0. The first kappa shape index (κ1) is 14.9. The monoisotopic (exact) mass is 277 g/mol. The molecule has 0 spiro atoms. The van der Waals surface area contributed by atoms with E-state index < -0.39 is 17.3 Å². The minimum Gasteiger partial charge on any atom is -0.444 e. The second-order valence-electron chi connectivity index (χ2n) is 6.42. The van der Waals surface area contributed by atoms with E-state index in [-0.39, 0.29) is 12.5 Å². The van der Waals surface area contributed by atoms with Gasteiger partial charge in [0.1, 0.15) is 11.2 Å². The Morgan fingerprint density at radius 2 is 1.90 bits per heavy atom. The molecule has 1 fully saturated rings. The van der Waals surface area contributed by atoms with Crippen molar-refractivity contribution in [3.8, 4) is 0 Å². The van der Waals surface area contributed by atoms with Crippen molar-refractivity contribution in [1.82, 2.24) is 5.32 Å². The summed E-state index contributed by atoms with van der Waals surface area (Å²) in [7, 11) is 0. The van der Waals surface area contributed by atoms with Gasteiger partial charge < -0.3 is 15.2 Å². The van der Waals surface area contributed by atoms with E-state index in [9.17, 15) is 9.90 Å². The van der Waals surface area contributed by atoms with E-state index in [4.69, 9.17) is 4.74 Å². The van der Waals surface area contributed by atoms with Gasteiger partial charge in [0, 0.05) is 0 Å². The van der Waals surface area contributed by atoms with Crippen LogP contribution in [0, 0.1) is 5.92 Å². The second-order valence-corrected chi connectivity index (χ2v) is 6.42. The minimum absolute atomic E-state index is 0.177. The van der Waals surface area contributed by atoms with Crippen LogP contribution in [-0.4, -0.2) is 23.3 Å². The number of alkyl carbamates (subject to hydrolysis) is 1. The summed E-state index contributed by atoms with van der Waals surface area (Å²) in [4.78, 5) is 11.7. The number of aliphatic hydroxyl groups is 1. The average Bonchev–Trinajstić information content (AvgIpc) is 3.19. The third-order valence-electron chi connectivity index (χ3n) is 3.43. The van der Waals surface area contributed by atoms with Gasteiger partial charge in [0.15, 0.2) is 0 Å². The fraction of sp³-hybridized carbons (Fsp3) is 0.562. The molecule has 4 nitrogen and oxygen atoms in total. The van der Waals surface area contributed by atoms with E-state index in [0.29, 0.717) is 0 Å². The Morgan fingerprint density at radius 1 is 1.30 bits per heavy atom. The zero-order valence-corrected chi connectivity index (χ0v) is 12.3. The summed E-state index contributed by atoms with van der Waals surface area (Å²) < 4.78 is 5.21. The maximum atomic E-state index is 11.7. The maximum absolute atomic E-state index is 11.7. The van der Waals surface area contributed by atoms with Crippen LogP contribution in [-0.2, 0) is 10.3 Å². The van der Waals surface area contributed by atoms with Crippen molar-refractivity contribution >= 4 is 6.09 Å². The quantitative estimate of drug-likeness (QED) is 0.889. The van der Waals surface area contributed by atoms with Crippen molar-refractivity contribution in [2.24, 2.45) is 5.92 Å². The molecule has 4 heteroatoms. The number of hydrogen-bond acceptors (Lipinski definition) is 3. The maximum Gasteiger partial charge on any atom is 0.407 e. The predicted octanol–water partition coefficient (Wildman–Crippen LogP) is 2.81. The van der Waals surface area contributed by atoms with Crippen LogP contribution in [0.15, 0.2) is 30.3 Å². The lowest BCUT2D eigenvalue weighted by Gasteiger charge is -2.30. The molecule has 1 aromatic rings. The molecule has 0 heterocycles. The SMILES string of the molecule is CC(C)(C)OC(=O)NCC(O)(c1ccccc1)C1CC1. The second kappa shape index (κ2) is 5.44. The molecular formula is C16H23NO3. The van der Waals surface area contributed by atoms with E-state index in [1.54, 1.807) is 0 Å². The number of nitrogens with one attached hydrogen (secondary N) is 1. The van der Waals surface area contributed by atoms with Crippen molar-refractivity contribution in [2.75, 3.05) is 6.54 Å². The Morgan fingerprint density at radius 3 is 2.40 bits per heavy atom. The molecule has 0 aromatic heterocycles. The normalized spacial score (nSPS) is 18.2. The molecule has 1 aliphatic rings. The molecule has 110 valence electrons. The van der Waals surface area contributed by atoms with Gasteiger partial charge in [-0.25, -0.2) is 4.79 Å². The third-order valence-corrected chi connectivity index (χ3v) is 3.43. The molecule has 0 aliphatic heterocycles. The zero-order valence-electron chi connectivity index (χ0n) is 12.3. The molecule has 1 aliphatic carbocycles. The van der Waals surface area contributed by atoms with E-state index in [2.05, 4.69) is 5.32 Å². The Labute approximate surface area is 120 Å². The van der Waals surface area contributed by atoms with Crippen molar-refractivity contribution in [3.05, 3.63) is 35.9 Å². The van der Waals surface area contributed by atoms with Crippen molar-refractivity contribution < 1.29 is 14.6 Å². The van der Waals surface area contributed by atoms with Gasteiger partial charge in [-0.2, -0.15) is 0 Å². The van der Waals surface area contributed by atoms with Crippen LogP contribution in [0.4, 0.5) is 4.79 Å². The molecule has 0 saturated heterocycles. The number of ether oxygens (including phenoxy) is 1. The van der Waals surface area contributed by atoms with Crippen LogP contribution in [0.3, 0.4) is 0 Å². The Balaban J connectivity index is 2.02. The zero-order chi connectivity index (χ0) is 14.8. The highest BCUT2D eigenvalue weighted by Crippen LogP contribution is 2.45. The van der Waals surface area contributed by atoms with E-state index in [1.165, 1.54) is 0 Å². The van der Waals surface area contributed by atoms with Crippen LogP contribution in [0.25, 0.3) is 0 Å². The molecule has 1 saturated carbocycles. The lowest BCUT2D eigenvalue weighted by molar-refractivity contribution is 0.00508. The highest BCUT2D eigenvalue weighted by molar-refractivity contribution is 5.67. The smallest absolute Gasteiger partial charge is 0.407 e. The number of hydrogen-bond donors (Lipinski definition) is 2. The van der Waals surface area contributed by atoms with Crippen LogP contribution < -0.4 is 5.32 Å². The first-order valence-corrected chi connectivity index (χ1v) is 7.06. The number of benzene rings is 1. The van der Waals surface area contributed by atoms with Crippen LogP contribution in [0.1, 0.15) is 39.2 Å². The number of carbonyl (C=O) groups is 1. The lowest BCUT2D eigenvalue weighted by atomic mass is 9.89. The standard InChI is InChI=1S/C16H23NO3/c1-15(2,3)20-14(18)17-11-16(19,13-9-10-13)12-7-5-4-6-8-12/h4-8,13,19H,9-11H2,1-3H3,(H,17,18). The summed E-state index contributed by atoms with van der Waals surface area (Å²) in [6.45, 7) is 5.63. The van der Waals surface area contributed by atoms with Crippen molar-refractivity contribution in [3.63, 3.8) is 0 Å². The van der Waals surface area contributed by atoms with E-state index in [1.807, 2.05) is 51.1 Å². The predicted molar refractivity (Wildman–Crippen MR) is 77.3 cm³/mol. The first-order valence-electron chi connectivity index (χ1n) is 7.06. The Kier molecular flexibility index (Phi) is 4.04. The molecule has 20 heavy (non-hydrogen) atoms. The van der Waals surface area contributed by atoms with Gasteiger partial charge in [0.2, 0.25) is 0 Å². The molecular weight excluding hydrogens is 254 g/mol. The fourth-order valence-corrected chi connectivity index (χ4v) is 2.29. The fourth-order valence-electron chi connectivity index (χ4n) is 2.29. The van der Waals surface area contributed by atoms with Gasteiger partial charge in [-0.15, -0.1) is 0 Å². The highest BCUT2D eigenvalue weighted by atomic mass is 16.6. The van der Waals surface area contributed by atoms with Crippen LogP contribution >= 0.6 is 0 Å². The summed E-state index contributed by atoms with van der Waals surface area (Å²) in [5.74, 6) is 0.208. The first-order chi connectivity index (χ1) is 9.31. The molecule has 2 N–H and O–H groups in total. The Bertz CT molecular complexity index is 462. The molecule has 1 atom stereocenters. The van der Waals surface area contributed by atoms with Gasteiger partial charge in [0.25, 0.3) is 0 Å². The van der Waals surface area contributed by atoms with Crippen LogP contribution in [0.5, 0.6) is 0 Å². The van der Waals surface area contributed by atoms with Gasteiger partial charge >= 0.3 is 6.09 Å². The molecule has 0 radical (unpaired) electrons. The number of rotatable bonds is 4. The molecule has 0 bridgehead atoms. The number of amides is 1. The average molecular weight is 277 g/mol. The van der Waals surface area contributed by atoms with Gasteiger partial charge in [0.05, 0.1) is 6.54 Å². The van der Waals surface area contributed by atoms with Gasteiger partial charge in [-0.3, -0.25) is 0 Å².